The van der Waals surface area contributed by atoms with Crippen molar-refractivity contribution in [1.29, 1.82) is 0 Å². The number of sulfonamides is 1. The predicted octanol–water partition coefficient (Wildman–Crippen LogP) is 2.64. The second kappa shape index (κ2) is 8.07. The number of anilines is 2. The van der Waals surface area contributed by atoms with Gasteiger partial charge in [0.05, 0.1) is 10.1 Å². The molecule has 9 nitrogen and oxygen atoms in total. The van der Waals surface area contributed by atoms with Gasteiger partial charge in [0, 0.05) is 31.2 Å². The highest BCUT2D eigenvalue weighted by molar-refractivity contribution is 8.00. The fourth-order valence-electron chi connectivity index (χ4n) is 2.25. The summed E-state index contributed by atoms with van der Waals surface area (Å²) in [5.41, 5.74) is 0.494. The van der Waals surface area contributed by atoms with Gasteiger partial charge in [0.2, 0.25) is 5.91 Å². The fourth-order valence-corrected chi connectivity index (χ4v) is 4.06. The molecule has 0 saturated heterocycles. The van der Waals surface area contributed by atoms with E-state index in [2.05, 4.69) is 20.2 Å². The van der Waals surface area contributed by atoms with Gasteiger partial charge in [0.25, 0.3) is 10.0 Å². The lowest BCUT2D eigenvalue weighted by atomic mass is 10.3. The van der Waals surface area contributed by atoms with Crippen molar-refractivity contribution in [2.75, 3.05) is 10.0 Å². The number of amides is 1. The molecule has 2 heterocycles. The Morgan fingerprint density at radius 2 is 2.00 bits per heavy atom. The van der Waals surface area contributed by atoms with Gasteiger partial charge in [-0.1, -0.05) is 16.9 Å². The topological polar surface area (TPSA) is 119 Å². The van der Waals surface area contributed by atoms with Crippen LogP contribution in [0.5, 0.6) is 0 Å². The van der Waals surface area contributed by atoms with E-state index in [1.165, 1.54) is 42.1 Å². The van der Waals surface area contributed by atoms with Crippen LogP contribution < -0.4 is 10.0 Å². The molecule has 2 aromatic heterocycles. The minimum absolute atomic E-state index is 0.0431. The van der Waals surface area contributed by atoms with Crippen LogP contribution in [0.15, 0.2) is 57.3 Å². The number of nitrogens with one attached hydrogen (secondary N) is 2. The third kappa shape index (κ3) is 4.73. The lowest BCUT2D eigenvalue weighted by molar-refractivity contribution is -0.115. The minimum Gasteiger partial charge on any atom is -0.360 e. The zero-order chi connectivity index (χ0) is 20.3. The van der Waals surface area contributed by atoms with Crippen molar-refractivity contribution in [3.8, 4) is 0 Å². The van der Waals surface area contributed by atoms with E-state index >= 15 is 0 Å². The molecule has 0 bridgehead atoms. The number of hydrogen-bond donors (Lipinski definition) is 2. The zero-order valence-electron chi connectivity index (χ0n) is 15.4. The van der Waals surface area contributed by atoms with Crippen molar-refractivity contribution in [3.63, 3.8) is 0 Å². The van der Waals surface area contributed by atoms with Crippen molar-refractivity contribution in [1.82, 2.24) is 14.7 Å². The van der Waals surface area contributed by atoms with E-state index in [4.69, 9.17) is 4.52 Å². The number of aryl methyl sites for hydroxylation is 2. The Labute approximate surface area is 166 Å². The summed E-state index contributed by atoms with van der Waals surface area (Å²) in [6.07, 6.45) is 3.47. The van der Waals surface area contributed by atoms with E-state index in [9.17, 15) is 13.2 Å². The molecule has 1 unspecified atom stereocenters. The molecule has 1 amide bonds. The smallest absolute Gasteiger partial charge is 0.263 e. The summed E-state index contributed by atoms with van der Waals surface area (Å²) >= 11 is 1.33. The minimum atomic E-state index is -3.80. The Kier molecular flexibility index (Phi) is 5.75. The molecule has 0 aliphatic carbocycles. The van der Waals surface area contributed by atoms with Crippen LogP contribution >= 0.6 is 11.8 Å². The zero-order valence-corrected chi connectivity index (χ0v) is 17.0. The first kappa shape index (κ1) is 20.0. The summed E-state index contributed by atoms with van der Waals surface area (Å²) in [4.78, 5) is 16.6. The summed E-state index contributed by atoms with van der Waals surface area (Å²) in [6, 6.07) is 7.34. The second-order valence-electron chi connectivity index (χ2n) is 6.02. The number of aromatic nitrogens is 3. The van der Waals surface area contributed by atoms with Crippen molar-refractivity contribution < 1.29 is 17.7 Å². The second-order valence-corrected chi connectivity index (χ2v) is 9.01. The first-order valence-corrected chi connectivity index (χ1v) is 10.6. The van der Waals surface area contributed by atoms with Gasteiger partial charge in [-0.05, 0) is 38.1 Å². The molecule has 0 fully saturated rings. The highest BCUT2D eigenvalue weighted by Gasteiger charge is 2.19. The molecule has 3 aromatic rings. The number of thioether (sulfide) groups is 1. The SMILES string of the molecule is Cc1cc(NS(=O)(=O)c2ccc(NC(=O)C(C)Sc3nccn3C)cc2)no1. The highest BCUT2D eigenvalue weighted by Crippen LogP contribution is 2.23. The fraction of sp³-hybridized carbons (Fsp3) is 0.235. The molecule has 0 aliphatic rings. The molecule has 148 valence electrons. The van der Waals surface area contributed by atoms with Gasteiger partial charge in [0.1, 0.15) is 5.76 Å². The van der Waals surface area contributed by atoms with Crippen LogP contribution in [-0.4, -0.2) is 34.3 Å². The van der Waals surface area contributed by atoms with Crippen LogP contribution in [0.1, 0.15) is 12.7 Å². The summed E-state index contributed by atoms with van der Waals surface area (Å²) in [5.74, 6) is 0.392. The predicted molar refractivity (Wildman–Crippen MR) is 106 cm³/mol. The molecule has 1 aromatic carbocycles. The summed E-state index contributed by atoms with van der Waals surface area (Å²) in [6.45, 7) is 3.44. The molecule has 2 N–H and O–H groups in total. The number of imidazole rings is 1. The maximum absolute atomic E-state index is 12.4. The maximum atomic E-state index is 12.4. The molecule has 0 saturated carbocycles. The van der Waals surface area contributed by atoms with E-state index in [-0.39, 0.29) is 21.9 Å². The van der Waals surface area contributed by atoms with Gasteiger partial charge in [-0.25, -0.2) is 13.4 Å². The third-order valence-electron chi connectivity index (χ3n) is 3.73. The van der Waals surface area contributed by atoms with Crippen LogP contribution in [0, 0.1) is 6.92 Å². The monoisotopic (exact) mass is 421 g/mol. The summed E-state index contributed by atoms with van der Waals surface area (Å²) in [5, 5.41) is 6.73. The van der Waals surface area contributed by atoms with Gasteiger partial charge < -0.3 is 14.4 Å². The van der Waals surface area contributed by atoms with E-state index in [1.807, 2.05) is 11.6 Å². The van der Waals surface area contributed by atoms with Crippen LogP contribution in [0.3, 0.4) is 0 Å². The van der Waals surface area contributed by atoms with Crippen molar-refractivity contribution in [3.05, 3.63) is 48.5 Å². The number of carbonyl (C=O) groups is 1. The van der Waals surface area contributed by atoms with Gasteiger partial charge in [-0.15, -0.1) is 0 Å². The molecule has 11 heteroatoms. The van der Waals surface area contributed by atoms with Gasteiger partial charge in [-0.3, -0.25) is 9.52 Å². The third-order valence-corrected chi connectivity index (χ3v) is 6.27. The van der Waals surface area contributed by atoms with Gasteiger partial charge in [0.15, 0.2) is 11.0 Å². The average molecular weight is 422 g/mol. The lowest BCUT2D eigenvalue weighted by Gasteiger charge is -2.12. The standard InChI is InChI=1S/C17H19N5O4S2/c1-11-10-15(20-26-11)21-28(24,25)14-6-4-13(5-7-14)19-16(23)12(2)27-17-18-8-9-22(17)3/h4-10,12H,1-3H3,(H,19,23)(H,20,21). The van der Waals surface area contributed by atoms with E-state index in [0.717, 1.165) is 5.16 Å². The largest absolute Gasteiger partial charge is 0.360 e. The first-order chi connectivity index (χ1) is 13.2. The number of rotatable bonds is 7. The van der Waals surface area contributed by atoms with Crippen molar-refractivity contribution in [2.24, 2.45) is 7.05 Å². The van der Waals surface area contributed by atoms with Crippen LogP contribution in [0.2, 0.25) is 0 Å². The molecule has 0 spiro atoms. The van der Waals surface area contributed by atoms with Gasteiger partial charge >= 0.3 is 0 Å². The Morgan fingerprint density at radius 3 is 2.57 bits per heavy atom. The Balaban J connectivity index is 1.63. The highest BCUT2D eigenvalue weighted by atomic mass is 32.2. The normalized spacial score (nSPS) is 12.5. The molecule has 1 atom stereocenters. The van der Waals surface area contributed by atoms with Crippen LogP contribution in [-0.2, 0) is 21.9 Å². The number of benzene rings is 1. The molecular formula is C17H19N5O4S2. The van der Waals surface area contributed by atoms with Crippen molar-refractivity contribution >= 4 is 39.2 Å². The molecular weight excluding hydrogens is 402 g/mol. The first-order valence-electron chi connectivity index (χ1n) is 8.25. The lowest BCUT2D eigenvalue weighted by Crippen LogP contribution is -2.22. The molecule has 0 radical (unpaired) electrons. The number of carbonyl (C=O) groups excluding carboxylic acids is 1. The molecule has 0 aliphatic heterocycles. The van der Waals surface area contributed by atoms with Crippen LogP contribution in [0.4, 0.5) is 11.5 Å². The average Bonchev–Trinajstić information content (AvgIpc) is 3.23. The Bertz CT molecular complexity index is 1070. The number of hydrogen-bond acceptors (Lipinski definition) is 7. The van der Waals surface area contributed by atoms with E-state index < -0.39 is 10.0 Å². The quantitative estimate of drug-likeness (QED) is 0.563. The van der Waals surface area contributed by atoms with E-state index in [0.29, 0.717) is 11.4 Å². The summed E-state index contributed by atoms with van der Waals surface area (Å²) in [7, 11) is -1.95. The van der Waals surface area contributed by atoms with Crippen LogP contribution in [0.25, 0.3) is 0 Å². The molecule has 28 heavy (non-hydrogen) atoms. The van der Waals surface area contributed by atoms with Crippen molar-refractivity contribution in [2.45, 2.75) is 29.1 Å². The maximum Gasteiger partial charge on any atom is 0.263 e. The Morgan fingerprint density at radius 1 is 1.29 bits per heavy atom. The Hall–Kier alpha value is -2.79. The van der Waals surface area contributed by atoms with E-state index in [1.54, 1.807) is 26.2 Å². The summed E-state index contributed by atoms with van der Waals surface area (Å²) < 4.78 is 33.7. The van der Waals surface area contributed by atoms with Gasteiger partial charge in [-0.2, -0.15) is 0 Å². The number of nitrogens with zero attached hydrogens (tertiary/aromatic N) is 3. The molecule has 3 rings (SSSR count).